The molecule has 0 aliphatic carbocycles. The van der Waals surface area contributed by atoms with Crippen LogP contribution in [0.5, 0.6) is 0 Å². The highest BCUT2D eigenvalue weighted by Crippen LogP contribution is 2.34. The lowest BCUT2D eigenvalue weighted by Gasteiger charge is -2.21. The number of rotatable bonds is 4. The van der Waals surface area contributed by atoms with E-state index in [1.807, 2.05) is 18.4 Å². The molecule has 0 saturated heterocycles. The van der Waals surface area contributed by atoms with Gasteiger partial charge in [-0.1, -0.05) is 12.1 Å². The van der Waals surface area contributed by atoms with Crippen LogP contribution in [0.15, 0.2) is 35.7 Å². The Morgan fingerprint density at radius 1 is 1.28 bits per heavy atom. The maximum absolute atomic E-state index is 12.9. The maximum atomic E-state index is 12.9. The molecule has 1 aromatic carbocycles. The van der Waals surface area contributed by atoms with Crippen molar-refractivity contribution in [3.05, 3.63) is 57.5 Å². The lowest BCUT2D eigenvalue weighted by Crippen LogP contribution is -2.20. The van der Waals surface area contributed by atoms with Gasteiger partial charge in [0.05, 0.1) is 6.10 Å². The lowest BCUT2D eigenvalue weighted by molar-refractivity contribution is 0.150. The van der Waals surface area contributed by atoms with Gasteiger partial charge >= 0.3 is 0 Å². The minimum Gasteiger partial charge on any atom is -0.387 e. The summed E-state index contributed by atoms with van der Waals surface area (Å²) in [7, 11) is 0. The van der Waals surface area contributed by atoms with E-state index in [4.69, 9.17) is 5.73 Å². The number of aryl methyl sites for hydroxylation is 1. The van der Waals surface area contributed by atoms with Crippen LogP contribution in [0.25, 0.3) is 0 Å². The molecule has 2 aromatic rings. The molecule has 0 fully saturated rings. The van der Waals surface area contributed by atoms with Crippen molar-refractivity contribution in [2.24, 2.45) is 5.73 Å². The van der Waals surface area contributed by atoms with Gasteiger partial charge in [-0.3, -0.25) is 0 Å². The third-order valence-electron chi connectivity index (χ3n) is 3.10. The molecular formula is C14H16FNOS. The highest BCUT2D eigenvalue weighted by atomic mass is 32.1. The van der Waals surface area contributed by atoms with E-state index in [1.54, 1.807) is 12.1 Å². The Balaban J connectivity index is 2.28. The van der Waals surface area contributed by atoms with Gasteiger partial charge < -0.3 is 10.8 Å². The van der Waals surface area contributed by atoms with Crippen molar-refractivity contribution >= 4 is 11.3 Å². The number of hydrogen-bond acceptors (Lipinski definition) is 3. The van der Waals surface area contributed by atoms with Crippen LogP contribution in [0.1, 0.15) is 28.0 Å². The number of aliphatic hydroxyl groups is 1. The fourth-order valence-corrected chi connectivity index (χ4v) is 3.00. The molecule has 4 heteroatoms. The highest BCUT2D eigenvalue weighted by molar-refractivity contribution is 7.10. The Labute approximate surface area is 110 Å². The minimum absolute atomic E-state index is 0.206. The zero-order valence-electron chi connectivity index (χ0n) is 10.1. The smallest absolute Gasteiger partial charge is 0.123 e. The molecular weight excluding hydrogens is 249 g/mol. The number of thiophene rings is 1. The zero-order chi connectivity index (χ0) is 13.1. The average Bonchev–Trinajstić information content (AvgIpc) is 2.78. The Bertz CT molecular complexity index is 509. The third-order valence-corrected chi connectivity index (χ3v) is 4.19. The Morgan fingerprint density at radius 3 is 2.44 bits per heavy atom. The highest BCUT2D eigenvalue weighted by Gasteiger charge is 2.23. The zero-order valence-corrected chi connectivity index (χ0v) is 11.0. The van der Waals surface area contributed by atoms with E-state index < -0.39 is 6.10 Å². The first kappa shape index (κ1) is 13.2. The summed E-state index contributed by atoms with van der Waals surface area (Å²) in [6.07, 6.45) is -0.638. The molecule has 3 N–H and O–H groups in total. The summed E-state index contributed by atoms with van der Waals surface area (Å²) in [4.78, 5) is 0.926. The first-order valence-electron chi connectivity index (χ1n) is 5.81. The molecule has 2 nitrogen and oxygen atoms in total. The monoisotopic (exact) mass is 265 g/mol. The van der Waals surface area contributed by atoms with Gasteiger partial charge in [-0.15, -0.1) is 11.3 Å². The van der Waals surface area contributed by atoms with Crippen molar-refractivity contribution in [3.8, 4) is 0 Å². The summed E-state index contributed by atoms with van der Waals surface area (Å²) in [5.74, 6) is -0.487. The van der Waals surface area contributed by atoms with Crippen molar-refractivity contribution in [3.63, 3.8) is 0 Å². The van der Waals surface area contributed by atoms with Crippen LogP contribution in [-0.2, 0) is 0 Å². The van der Waals surface area contributed by atoms with Gasteiger partial charge in [0.15, 0.2) is 0 Å². The molecule has 0 aliphatic rings. The molecule has 0 radical (unpaired) electrons. The van der Waals surface area contributed by atoms with Crippen LogP contribution in [0.4, 0.5) is 4.39 Å². The van der Waals surface area contributed by atoms with E-state index in [0.717, 1.165) is 16.0 Å². The van der Waals surface area contributed by atoms with Crippen LogP contribution in [0.3, 0.4) is 0 Å². The SMILES string of the molecule is Cc1ccsc1C(O)C(CN)c1ccc(F)cc1. The second-order valence-corrected chi connectivity index (χ2v) is 5.25. The quantitative estimate of drug-likeness (QED) is 0.892. The largest absolute Gasteiger partial charge is 0.387 e. The summed E-state index contributed by atoms with van der Waals surface area (Å²) in [5.41, 5.74) is 7.67. The molecule has 18 heavy (non-hydrogen) atoms. The standard InChI is InChI=1S/C14H16FNOS/c1-9-6-7-18-14(9)13(17)12(8-16)10-2-4-11(15)5-3-10/h2-7,12-13,17H,8,16H2,1H3. The Morgan fingerprint density at radius 2 is 1.94 bits per heavy atom. The first-order chi connectivity index (χ1) is 8.63. The third kappa shape index (κ3) is 2.61. The fourth-order valence-electron chi connectivity index (χ4n) is 2.03. The van der Waals surface area contributed by atoms with E-state index in [2.05, 4.69) is 0 Å². The Hall–Kier alpha value is -1.23. The summed E-state index contributed by atoms with van der Waals surface area (Å²) in [5, 5.41) is 12.4. The maximum Gasteiger partial charge on any atom is 0.123 e. The van der Waals surface area contributed by atoms with E-state index in [1.165, 1.54) is 23.5 Å². The minimum atomic E-state index is -0.638. The van der Waals surface area contributed by atoms with Crippen LogP contribution in [0, 0.1) is 12.7 Å². The number of halogens is 1. The van der Waals surface area contributed by atoms with Gasteiger partial charge in [-0.25, -0.2) is 4.39 Å². The normalized spacial score (nSPS) is 14.4. The molecule has 2 atom stereocenters. The van der Waals surface area contributed by atoms with Gasteiger partial charge in [0, 0.05) is 17.3 Å². The molecule has 2 unspecified atom stereocenters. The fraction of sp³-hybridized carbons (Fsp3) is 0.286. The molecule has 0 spiro atoms. The van der Waals surface area contributed by atoms with Crippen molar-refractivity contribution in [1.82, 2.24) is 0 Å². The second kappa shape index (κ2) is 5.61. The summed E-state index contributed by atoms with van der Waals surface area (Å²) in [6.45, 7) is 2.29. The van der Waals surface area contributed by atoms with Gasteiger partial charge in [0.25, 0.3) is 0 Å². The number of hydrogen-bond donors (Lipinski definition) is 2. The predicted octanol–water partition coefficient (Wildman–Crippen LogP) is 2.97. The summed E-state index contributed by atoms with van der Waals surface area (Å²) >= 11 is 1.52. The summed E-state index contributed by atoms with van der Waals surface area (Å²) in [6, 6.07) is 8.12. The van der Waals surface area contributed by atoms with Crippen molar-refractivity contribution in [2.75, 3.05) is 6.54 Å². The molecule has 96 valence electrons. The first-order valence-corrected chi connectivity index (χ1v) is 6.69. The molecule has 2 rings (SSSR count). The summed E-state index contributed by atoms with van der Waals surface area (Å²) < 4.78 is 12.9. The van der Waals surface area contributed by atoms with E-state index >= 15 is 0 Å². The second-order valence-electron chi connectivity index (χ2n) is 4.31. The van der Waals surface area contributed by atoms with Crippen molar-refractivity contribution < 1.29 is 9.50 Å². The molecule has 0 amide bonds. The molecule has 1 heterocycles. The van der Waals surface area contributed by atoms with Gasteiger partial charge in [0.1, 0.15) is 5.82 Å². The van der Waals surface area contributed by atoms with Crippen LogP contribution < -0.4 is 5.73 Å². The van der Waals surface area contributed by atoms with Gasteiger partial charge in [-0.05, 0) is 41.6 Å². The van der Waals surface area contributed by atoms with E-state index in [0.29, 0.717) is 6.54 Å². The lowest BCUT2D eigenvalue weighted by atomic mass is 9.91. The number of benzene rings is 1. The number of nitrogens with two attached hydrogens (primary N) is 1. The Kier molecular flexibility index (Phi) is 4.11. The van der Waals surface area contributed by atoms with E-state index in [9.17, 15) is 9.50 Å². The van der Waals surface area contributed by atoms with Crippen LogP contribution in [-0.4, -0.2) is 11.7 Å². The topological polar surface area (TPSA) is 46.2 Å². The van der Waals surface area contributed by atoms with Gasteiger partial charge in [0.2, 0.25) is 0 Å². The molecule has 0 aliphatic heterocycles. The van der Waals surface area contributed by atoms with Crippen LogP contribution >= 0.6 is 11.3 Å². The van der Waals surface area contributed by atoms with Crippen molar-refractivity contribution in [2.45, 2.75) is 18.9 Å². The molecule has 0 bridgehead atoms. The average molecular weight is 265 g/mol. The van der Waals surface area contributed by atoms with Crippen LogP contribution in [0.2, 0.25) is 0 Å². The number of aliphatic hydroxyl groups excluding tert-OH is 1. The molecule has 0 saturated carbocycles. The molecule has 1 aromatic heterocycles. The van der Waals surface area contributed by atoms with E-state index in [-0.39, 0.29) is 11.7 Å². The van der Waals surface area contributed by atoms with Gasteiger partial charge in [-0.2, -0.15) is 0 Å². The van der Waals surface area contributed by atoms with Crippen molar-refractivity contribution in [1.29, 1.82) is 0 Å². The predicted molar refractivity (Wildman–Crippen MR) is 72.2 cm³/mol.